The van der Waals surface area contributed by atoms with Crippen LogP contribution in [0.4, 0.5) is 5.69 Å². The van der Waals surface area contributed by atoms with Crippen LogP contribution in [-0.2, 0) is 11.3 Å². The third kappa shape index (κ3) is 4.16. The van der Waals surface area contributed by atoms with E-state index in [2.05, 4.69) is 11.7 Å². The van der Waals surface area contributed by atoms with Gasteiger partial charge in [-0.3, -0.25) is 4.79 Å². The second-order valence-electron chi connectivity index (χ2n) is 4.01. The summed E-state index contributed by atoms with van der Waals surface area (Å²) in [5.74, 6) is 0.323. The molecule has 100 valence electrons. The lowest BCUT2D eigenvalue weighted by Crippen LogP contribution is -2.28. The highest BCUT2D eigenvalue weighted by atomic mass is 35.5. The largest absolute Gasteiger partial charge is 0.383 e. The first-order valence-corrected chi connectivity index (χ1v) is 6.11. The molecular formula is C12H18ClN3O2. The van der Waals surface area contributed by atoms with Gasteiger partial charge in [0, 0.05) is 32.6 Å². The first-order valence-electron chi connectivity index (χ1n) is 5.58. The molecule has 1 rings (SSSR count). The van der Waals surface area contributed by atoms with Gasteiger partial charge in [0.1, 0.15) is 0 Å². The summed E-state index contributed by atoms with van der Waals surface area (Å²) in [6.45, 7) is 5.40. The smallest absolute Gasteiger partial charge is 0.269 e. The number of alkyl halides is 1. The van der Waals surface area contributed by atoms with Gasteiger partial charge in [-0.15, -0.1) is 11.6 Å². The summed E-state index contributed by atoms with van der Waals surface area (Å²) in [5.41, 5.74) is 1.36. The predicted molar refractivity (Wildman–Crippen MR) is 73.5 cm³/mol. The van der Waals surface area contributed by atoms with Crippen molar-refractivity contribution in [2.24, 2.45) is 0 Å². The average Bonchev–Trinajstić information content (AvgIpc) is 2.38. The van der Waals surface area contributed by atoms with Gasteiger partial charge in [0.05, 0.1) is 25.0 Å². The molecule has 0 bridgehead atoms. The number of anilines is 1. The number of hydrogen-bond acceptors (Lipinski definition) is 4. The molecule has 1 aromatic rings. The van der Waals surface area contributed by atoms with Crippen LogP contribution in [0.1, 0.15) is 0 Å². The van der Waals surface area contributed by atoms with Crippen LogP contribution in [0, 0.1) is 0 Å². The highest BCUT2D eigenvalue weighted by Crippen LogP contribution is 2.06. The number of ether oxygens (including phenoxy) is 1. The van der Waals surface area contributed by atoms with Crippen LogP contribution in [0.5, 0.6) is 0 Å². The first kappa shape index (κ1) is 14.7. The molecule has 0 N–H and O–H groups in total. The van der Waals surface area contributed by atoms with E-state index in [1.54, 1.807) is 19.4 Å². The molecule has 1 aromatic heterocycles. The van der Waals surface area contributed by atoms with Crippen molar-refractivity contribution in [2.75, 3.05) is 38.1 Å². The minimum absolute atomic E-state index is 0.164. The van der Waals surface area contributed by atoms with Gasteiger partial charge in [0.15, 0.2) is 0 Å². The van der Waals surface area contributed by atoms with E-state index in [1.807, 2.05) is 11.9 Å². The Morgan fingerprint density at radius 2 is 2.39 bits per heavy atom. The maximum Gasteiger partial charge on any atom is 0.269 e. The van der Waals surface area contributed by atoms with Gasteiger partial charge in [0.2, 0.25) is 0 Å². The summed E-state index contributed by atoms with van der Waals surface area (Å²) in [6, 6.07) is 1.55. The predicted octanol–water partition coefficient (Wildman–Crippen LogP) is 1.12. The molecule has 18 heavy (non-hydrogen) atoms. The second-order valence-corrected chi connectivity index (χ2v) is 4.27. The quantitative estimate of drug-likeness (QED) is 0.551. The molecule has 0 atom stereocenters. The molecule has 0 saturated heterocycles. The number of aromatic nitrogens is 2. The molecule has 0 saturated carbocycles. The van der Waals surface area contributed by atoms with Crippen LogP contribution >= 0.6 is 11.6 Å². The van der Waals surface area contributed by atoms with E-state index in [1.165, 1.54) is 4.68 Å². The van der Waals surface area contributed by atoms with E-state index < -0.39 is 0 Å². The van der Waals surface area contributed by atoms with Crippen molar-refractivity contribution in [3.8, 4) is 0 Å². The number of allylic oxidation sites excluding steroid dienone is 1. The van der Waals surface area contributed by atoms with Crippen molar-refractivity contribution in [3.63, 3.8) is 0 Å². The van der Waals surface area contributed by atoms with Crippen LogP contribution in [0.25, 0.3) is 0 Å². The maximum absolute atomic E-state index is 11.8. The molecule has 0 aromatic carbocycles. The highest BCUT2D eigenvalue weighted by molar-refractivity contribution is 6.19. The van der Waals surface area contributed by atoms with Gasteiger partial charge >= 0.3 is 0 Å². The van der Waals surface area contributed by atoms with Crippen molar-refractivity contribution >= 4 is 17.3 Å². The van der Waals surface area contributed by atoms with Crippen molar-refractivity contribution in [1.82, 2.24) is 9.78 Å². The molecular weight excluding hydrogens is 254 g/mol. The van der Waals surface area contributed by atoms with Gasteiger partial charge in [-0.1, -0.05) is 6.58 Å². The fourth-order valence-electron chi connectivity index (χ4n) is 1.36. The Morgan fingerprint density at radius 3 is 2.94 bits per heavy atom. The first-order chi connectivity index (χ1) is 8.58. The van der Waals surface area contributed by atoms with Crippen LogP contribution in [0.3, 0.4) is 0 Å². The lowest BCUT2D eigenvalue weighted by atomic mass is 10.3. The number of nitrogens with zero attached hydrogens (tertiary/aromatic N) is 3. The van der Waals surface area contributed by atoms with Crippen LogP contribution in [0.2, 0.25) is 0 Å². The zero-order valence-electron chi connectivity index (χ0n) is 10.7. The molecule has 0 fully saturated rings. The third-order valence-electron chi connectivity index (χ3n) is 2.49. The normalized spacial score (nSPS) is 10.4. The summed E-state index contributed by atoms with van der Waals surface area (Å²) >= 11 is 5.63. The number of hydrogen-bond donors (Lipinski definition) is 0. The Labute approximate surface area is 112 Å². The molecule has 5 nitrogen and oxygen atoms in total. The van der Waals surface area contributed by atoms with E-state index in [0.717, 1.165) is 11.3 Å². The van der Waals surface area contributed by atoms with Crippen molar-refractivity contribution in [1.29, 1.82) is 0 Å². The van der Waals surface area contributed by atoms with Gasteiger partial charge in [0.25, 0.3) is 5.56 Å². The minimum atomic E-state index is -0.164. The molecule has 0 amide bonds. The van der Waals surface area contributed by atoms with E-state index in [0.29, 0.717) is 25.6 Å². The lowest BCUT2D eigenvalue weighted by Gasteiger charge is -2.18. The molecule has 0 aliphatic rings. The number of methoxy groups -OCH3 is 1. The third-order valence-corrected chi connectivity index (χ3v) is 2.87. The van der Waals surface area contributed by atoms with Gasteiger partial charge in [-0.25, -0.2) is 4.68 Å². The molecule has 0 spiro atoms. The highest BCUT2D eigenvalue weighted by Gasteiger charge is 2.05. The molecule has 6 heteroatoms. The molecule has 1 heterocycles. The summed E-state index contributed by atoms with van der Waals surface area (Å²) < 4.78 is 6.33. The van der Waals surface area contributed by atoms with E-state index in [4.69, 9.17) is 16.3 Å². The van der Waals surface area contributed by atoms with Crippen LogP contribution in [-0.4, -0.2) is 43.0 Å². The minimum Gasteiger partial charge on any atom is -0.383 e. The van der Waals surface area contributed by atoms with E-state index in [-0.39, 0.29) is 5.56 Å². The van der Waals surface area contributed by atoms with Crippen LogP contribution in [0.15, 0.2) is 29.2 Å². The average molecular weight is 272 g/mol. The Hall–Kier alpha value is -1.33. The number of likely N-dealkylation sites (N-methyl/N-ethyl adjacent to an activating group) is 1. The SMILES string of the molecule is C=C(CCl)Cn1ncc(N(C)CCOC)cc1=O. The van der Waals surface area contributed by atoms with E-state index in [9.17, 15) is 4.79 Å². The summed E-state index contributed by atoms with van der Waals surface area (Å²) in [6.07, 6.45) is 1.65. The lowest BCUT2D eigenvalue weighted by molar-refractivity contribution is 0.206. The van der Waals surface area contributed by atoms with Gasteiger partial charge in [-0.2, -0.15) is 5.10 Å². The maximum atomic E-state index is 11.8. The van der Waals surface area contributed by atoms with E-state index >= 15 is 0 Å². The molecule has 0 aliphatic carbocycles. The standard InChI is InChI=1S/C12H18ClN3O2/c1-10(7-13)9-16-12(17)6-11(8-14-16)15(2)4-5-18-3/h6,8H,1,4-5,7,9H2,2-3H3. The monoisotopic (exact) mass is 271 g/mol. The van der Waals surface area contributed by atoms with Crippen molar-refractivity contribution in [3.05, 3.63) is 34.8 Å². The molecule has 0 unspecified atom stereocenters. The molecule has 0 radical (unpaired) electrons. The molecule has 0 aliphatic heterocycles. The fraction of sp³-hybridized carbons (Fsp3) is 0.500. The van der Waals surface area contributed by atoms with Crippen LogP contribution < -0.4 is 10.5 Å². The Morgan fingerprint density at radius 1 is 1.67 bits per heavy atom. The summed E-state index contributed by atoms with van der Waals surface area (Å²) in [5, 5.41) is 4.10. The second kappa shape index (κ2) is 7.18. The Kier molecular flexibility index (Phi) is 5.88. The Bertz CT molecular complexity index is 459. The zero-order valence-corrected chi connectivity index (χ0v) is 11.5. The van der Waals surface area contributed by atoms with Gasteiger partial charge in [-0.05, 0) is 5.57 Å². The summed E-state index contributed by atoms with van der Waals surface area (Å²) in [7, 11) is 3.53. The number of rotatable bonds is 7. The fourth-order valence-corrected chi connectivity index (χ4v) is 1.45. The zero-order chi connectivity index (χ0) is 13.5. The number of halogens is 1. The summed E-state index contributed by atoms with van der Waals surface area (Å²) in [4.78, 5) is 13.7. The van der Waals surface area contributed by atoms with Crippen molar-refractivity contribution < 1.29 is 4.74 Å². The topological polar surface area (TPSA) is 47.4 Å². The Balaban J connectivity index is 2.79. The van der Waals surface area contributed by atoms with Gasteiger partial charge < -0.3 is 9.64 Å². The van der Waals surface area contributed by atoms with Crippen molar-refractivity contribution in [2.45, 2.75) is 6.54 Å².